The van der Waals surface area contributed by atoms with Crippen molar-refractivity contribution in [2.24, 2.45) is 11.8 Å². The summed E-state index contributed by atoms with van der Waals surface area (Å²) < 4.78 is 0. The second kappa shape index (κ2) is 5.94. The molecule has 0 radical (unpaired) electrons. The molecular formula is C15H23ClN2. The highest BCUT2D eigenvalue weighted by Crippen LogP contribution is 2.40. The zero-order valence-electron chi connectivity index (χ0n) is 11.5. The van der Waals surface area contributed by atoms with E-state index in [1.165, 1.54) is 17.7 Å². The van der Waals surface area contributed by atoms with E-state index in [9.17, 15) is 0 Å². The fraction of sp³-hybridized carbons (Fsp3) is 0.600. The quantitative estimate of drug-likeness (QED) is 0.847. The van der Waals surface area contributed by atoms with Crippen LogP contribution in [0.1, 0.15) is 25.8 Å². The van der Waals surface area contributed by atoms with Crippen molar-refractivity contribution in [1.82, 2.24) is 5.32 Å². The summed E-state index contributed by atoms with van der Waals surface area (Å²) in [4.78, 5) is 2.32. The topological polar surface area (TPSA) is 15.3 Å². The van der Waals surface area contributed by atoms with E-state index < -0.39 is 0 Å². The van der Waals surface area contributed by atoms with Crippen LogP contribution in [-0.4, -0.2) is 20.1 Å². The van der Waals surface area contributed by atoms with E-state index in [0.29, 0.717) is 0 Å². The van der Waals surface area contributed by atoms with Crippen molar-refractivity contribution >= 4 is 17.3 Å². The maximum atomic E-state index is 6.37. The number of anilines is 1. The first kappa shape index (κ1) is 13.7. The van der Waals surface area contributed by atoms with E-state index in [-0.39, 0.29) is 0 Å². The molecule has 0 heterocycles. The van der Waals surface area contributed by atoms with Crippen molar-refractivity contribution in [3.8, 4) is 0 Å². The van der Waals surface area contributed by atoms with Gasteiger partial charge in [-0.25, -0.2) is 0 Å². The molecular weight excluding hydrogens is 244 g/mol. The lowest BCUT2D eigenvalue weighted by Gasteiger charge is -2.24. The summed E-state index contributed by atoms with van der Waals surface area (Å²) in [5.41, 5.74) is 2.49. The molecule has 1 aromatic rings. The van der Waals surface area contributed by atoms with Gasteiger partial charge in [0.2, 0.25) is 0 Å². The number of halogens is 1. The second-order valence-corrected chi connectivity index (χ2v) is 5.79. The van der Waals surface area contributed by atoms with Gasteiger partial charge in [0.1, 0.15) is 0 Å². The van der Waals surface area contributed by atoms with E-state index in [1.54, 1.807) is 0 Å². The summed E-state index contributed by atoms with van der Waals surface area (Å²) in [5.74, 6) is 1.73. The van der Waals surface area contributed by atoms with Crippen LogP contribution in [0.2, 0.25) is 5.02 Å². The first-order chi connectivity index (χ1) is 8.63. The average molecular weight is 267 g/mol. The number of nitrogens with zero attached hydrogens (tertiary/aromatic N) is 1. The molecule has 0 bridgehead atoms. The summed E-state index contributed by atoms with van der Waals surface area (Å²) in [5, 5.41) is 4.24. The van der Waals surface area contributed by atoms with E-state index in [1.807, 2.05) is 12.1 Å². The van der Waals surface area contributed by atoms with E-state index in [0.717, 1.165) is 36.5 Å². The Hall–Kier alpha value is -0.730. The van der Waals surface area contributed by atoms with Gasteiger partial charge >= 0.3 is 0 Å². The average Bonchev–Trinajstić information content (AvgIpc) is 3.02. The molecule has 2 atom stereocenters. The van der Waals surface area contributed by atoms with Crippen molar-refractivity contribution in [2.45, 2.75) is 26.8 Å². The molecule has 1 fully saturated rings. The Morgan fingerprint density at radius 2 is 2.17 bits per heavy atom. The predicted molar refractivity (Wildman–Crippen MR) is 79.4 cm³/mol. The molecule has 1 aromatic carbocycles. The highest BCUT2D eigenvalue weighted by molar-refractivity contribution is 6.33. The maximum absolute atomic E-state index is 6.37. The molecule has 2 nitrogen and oxygen atoms in total. The lowest BCUT2D eigenvalue weighted by molar-refractivity contribution is 0.704. The summed E-state index contributed by atoms with van der Waals surface area (Å²) in [6, 6.07) is 6.18. The third kappa shape index (κ3) is 3.18. The maximum Gasteiger partial charge on any atom is 0.0642 e. The third-order valence-corrected chi connectivity index (χ3v) is 4.11. The van der Waals surface area contributed by atoms with Gasteiger partial charge in [0, 0.05) is 20.1 Å². The van der Waals surface area contributed by atoms with Crippen molar-refractivity contribution < 1.29 is 0 Å². The van der Waals surface area contributed by atoms with Crippen LogP contribution in [-0.2, 0) is 6.54 Å². The van der Waals surface area contributed by atoms with Gasteiger partial charge in [0.05, 0.1) is 10.7 Å². The largest absolute Gasteiger partial charge is 0.373 e. The molecule has 0 spiro atoms. The molecule has 1 saturated carbocycles. The van der Waals surface area contributed by atoms with Crippen LogP contribution in [0.5, 0.6) is 0 Å². The smallest absolute Gasteiger partial charge is 0.0642 e. The van der Waals surface area contributed by atoms with E-state index >= 15 is 0 Å². The van der Waals surface area contributed by atoms with Gasteiger partial charge in [0.25, 0.3) is 0 Å². The molecule has 1 aliphatic rings. The monoisotopic (exact) mass is 266 g/mol. The van der Waals surface area contributed by atoms with Crippen LogP contribution in [0.3, 0.4) is 0 Å². The molecule has 2 unspecified atom stereocenters. The van der Waals surface area contributed by atoms with Gasteiger partial charge in [-0.2, -0.15) is 0 Å². The zero-order chi connectivity index (χ0) is 13.1. The molecule has 0 aromatic heterocycles. The van der Waals surface area contributed by atoms with Gasteiger partial charge in [0.15, 0.2) is 0 Å². The van der Waals surface area contributed by atoms with E-state index in [4.69, 9.17) is 11.6 Å². The molecule has 0 saturated heterocycles. The van der Waals surface area contributed by atoms with Crippen LogP contribution in [0.25, 0.3) is 0 Å². The Morgan fingerprint density at radius 3 is 2.78 bits per heavy atom. The van der Waals surface area contributed by atoms with E-state index in [2.05, 4.69) is 37.2 Å². The third-order valence-electron chi connectivity index (χ3n) is 3.80. The Bertz CT molecular complexity index is 405. The second-order valence-electron chi connectivity index (χ2n) is 5.38. The number of hydrogen-bond donors (Lipinski definition) is 1. The van der Waals surface area contributed by atoms with Crippen molar-refractivity contribution in [3.63, 3.8) is 0 Å². The molecule has 1 aliphatic carbocycles. The Balaban J connectivity index is 2.12. The lowest BCUT2D eigenvalue weighted by atomic mass is 10.1. The Morgan fingerprint density at radius 1 is 1.44 bits per heavy atom. The first-order valence-electron chi connectivity index (χ1n) is 6.82. The summed E-state index contributed by atoms with van der Waals surface area (Å²) in [6.07, 6.45) is 1.36. The minimum Gasteiger partial charge on any atom is -0.373 e. The van der Waals surface area contributed by atoms with Crippen molar-refractivity contribution in [2.75, 3.05) is 25.0 Å². The van der Waals surface area contributed by atoms with Gasteiger partial charge < -0.3 is 10.2 Å². The standard InChI is InChI=1S/C15H23ClN2/c1-4-17-9-12-6-5-7-14(16)15(12)18(3)10-13-8-11(13)2/h5-7,11,13,17H,4,8-10H2,1-3H3. The first-order valence-corrected chi connectivity index (χ1v) is 7.20. The number of hydrogen-bond acceptors (Lipinski definition) is 2. The Kier molecular flexibility index (Phi) is 4.52. The Labute approximate surface area is 115 Å². The van der Waals surface area contributed by atoms with Gasteiger partial charge in [-0.05, 0) is 36.4 Å². The molecule has 18 heavy (non-hydrogen) atoms. The minimum absolute atomic E-state index is 0.846. The van der Waals surface area contributed by atoms with Crippen molar-refractivity contribution in [3.05, 3.63) is 28.8 Å². The predicted octanol–water partition coefficient (Wildman–Crippen LogP) is 3.54. The number of para-hydroxylation sites is 1. The SMILES string of the molecule is CCNCc1cccc(Cl)c1N(C)CC1CC1C. The van der Waals surface area contributed by atoms with Crippen LogP contribution in [0, 0.1) is 11.8 Å². The van der Waals surface area contributed by atoms with Gasteiger partial charge in [-0.1, -0.05) is 37.6 Å². The summed E-state index contributed by atoms with van der Waals surface area (Å²) in [6.45, 7) is 7.43. The highest BCUT2D eigenvalue weighted by Gasteiger charge is 2.33. The fourth-order valence-electron chi connectivity index (χ4n) is 2.49. The molecule has 1 N–H and O–H groups in total. The van der Waals surface area contributed by atoms with Gasteiger partial charge in [-0.15, -0.1) is 0 Å². The van der Waals surface area contributed by atoms with Crippen molar-refractivity contribution in [1.29, 1.82) is 0 Å². The number of rotatable bonds is 6. The molecule has 0 aliphatic heterocycles. The molecule has 0 amide bonds. The highest BCUT2D eigenvalue weighted by atomic mass is 35.5. The van der Waals surface area contributed by atoms with Crippen LogP contribution in [0.15, 0.2) is 18.2 Å². The van der Waals surface area contributed by atoms with Gasteiger partial charge in [-0.3, -0.25) is 0 Å². The molecule has 100 valence electrons. The molecule has 2 rings (SSSR count). The summed E-state index contributed by atoms with van der Waals surface area (Å²) >= 11 is 6.37. The van der Waals surface area contributed by atoms with Crippen LogP contribution in [0.4, 0.5) is 5.69 Å². The number of benzene rings is 1. The fourth-order valence-corrected chi connectivity index (χ4v) is 2.82. The minimum atomic E-state index is 0.846. The lowest BCUT2D eigenvalue weighted by Crippen LogP contribution is -2.24. The molecule has 3 heteroatoms. The zero-order valence-corrected chi connectivity index (χ0v) is 12.3. The normalized spacial score (nSPS) is 22.0. The number of nitrogens with one attached hydrogen (secondary N) is 1. The van der Waals surface area contributed by atoms with Crippen LogP contribution < -0.4 is 10.2 Å². The summed E-state index contributed by atoms with van der Waals surface area (Å²) in [7, 11) is 2.15. The van der Waals surface area contributed by atoms with Crippen LogP contribution >= 0.6 is 11.6 Å².